The van der Waals surface area contributed by atoms with Gasteiger partial charge >= 0.3 is 0 Å². The van der Waals surface area contributed by atoms with Crippen LogP contribution >= 0.6 is 0 Å². The molecule has 1 fully saturated rings. The van der Waals surface area contributed by atoms with E-state index in [9.17, 15) is 9.90 Å². The first-order valence-electron chi connectivity index (χ1n) is 4.93. The average molecular weight is 206 g/mol. The SMILES string of the molecule is Cc1cccc(C(=O)N2CC(N)C2)c1O. The summed E-state index contributed by atoms with van der Waals surface area (Å²) < 4.78 is 0. The summed E-state index contributed by atoms with van der Waals surface area (Å²) in [6.45, 7) is 2.92. The molecule has 0 atom stereocenters. The first-order valence-corrected chi connectivity index (χ1v) is 4.93. The molecule has 0 aromatic heterocycles. The molecule has 15 heavy (non-hydrogen) atoms. The van der Waals surface area contributed by atoms with Crippen molar-refractivity contribution >= 4 is 5.91 Å². The van der Waals surface area contributed by atoms with E-state index in [1.165, 1.54) is 0 Å². The molecule has 0 radical (unpaired) electrons. The zero-order valence-electron chi connectivity index (χ0n) is 8.60. The zero-order valence-corrected chi connectivity index (χ0v) is 8.60. The van der Waals surface area contributed by atoms with E-state index in [1.807, 2.05) is 0 Å². The molecular formula is C11H14N2O2. The second-order valence-electron chi connectivity index (χ2n) is 3.94. The lowest BCUT2D eigenvalue weighted by atomic mass is 10.0. The van der Waals surface area contributed by atoms with E-state index in [1.54, 1.807) is 30.0 Å². The Bertz CT molecular complexity index is 398. The van der Waals surface area contributed by atoms with Gasteiger partial charge in [-0.2, -0.15) is 0 Å². The number of benzene rings is 1. The summed E-state index contributed by atoms with van der Waals surface area (Å²) in [6, 6.07) is 5.26. The van der Waals surface area contributed by atoms with E-state index in [4.69, 9.17) is 5.73 Å². The minimum absolute atomic E-state index is 0.0722. The molecule has 0 saturated carbocycles. The highest BCUT2D eigenvalue weighted by Crippen LogP contribution is 2.24. The maximum absolute atomic E-state index is 11.9. The second kappa shape index (κ2) is 3.55. The summed E-state index contributed by atoms with van der Waals surface area (Å²) in [5.41, 5.74) is 6.67. The molecule has 0 bridgehead atoms. The van der Waals surface area contributed by atoms with Crippen LogP contribution in [0.4, 0.5) is 0 Å². The van der Waals surface area contributed by atoms with Crippen LogP contribution in [-0.4, -0.2) is 35.0 Å². The summed E-state index contributed by atoms with van der Waals surface area (Å²) in [5.74, 6) is -0.0686. The number of phenolic OH excluding ortho intramolecular Hbond substituents is 1. The van der Waals surface area contributed by atoms with Crippen molar-refractivity contribution in [1.82, 2.24) is 4.90 Å². The van der Waals surface area contributed by atoms with Crippen molar-refractivity contribution in [2.24, 2.45) is 5.73 Å². The van der Waals surface area contributed by atoms with Crippen molar-refractivity contribution in [2.45, 2.75) is 13.0 Å². The third kappa shape index (κ3) is 1.68. The van der Waals surface area contributed by atoms with E-state index in [0.29, 0.717) is 24.2 Å². The molecule has 4 nitrogen and oxygen atoms in total. The number of aromatic hydroxyl groups is 1. The molecule has 3 N–H and O–H groups in total. The molecule has 1 heterocycles. The maximum atomic E-state index is 11.9. The maximum Gasteiger partial charge on any atom is 0.257 e. The number of phenols is 1. The van der Waals surface area contributed by atoms with Gasteiger partial charge in [-0.05, 0) is 18.6 Å². The Balaban J connectivity index is 2.22. The van der Waals surface area contributed by atoms with Crippen molar-refractivity contribution < 1.29 is 9.90 Å². The predicted molar refractivity (Wildman–Crippen MR) is 56.7 cm³/mol. The third-order valence-corrected chi connectivity index (χ3v) is 2.67. The number of nitrogens with zero attached hydrogens (tertiary/aromatic N) is 1. The molecular weight excluding hydrogens is 192 g/mol. The lowest BCUT2D eigenvalue weighted by Gasteiger charge is -2.37. The highest BCUT2D eigenvalue weighted by Gasteiger charge is 2.29. The Morgan fingerprint density at radius 2 is 2.20 bits per heavy atom. The Hall–Kier alpha value is -1.55. The highest BCUT2D eigenvalue weighted by atomic mass is 16.3. The van der Waals surface area contributed by atoms with Gasteiger partial charge in [-0.3, -0.25) is 4.79 Å². The third-order valence-electron chi connectivity index (χ3n) is 2.67. The van der Waals surface area contributed by atoms with Crippen molar-refractivity contribution in [3.05, 3.63) is 29.3 Å². The van der Waals surface area contributed by atoms with Gasteiger partial charge < -0.3 is 15.7 Å². The zero-order chi connectivity index (χ0) is 11.0. The summed E-state index contributed by atoms with van der Waals surface area (Å²) in [4.78, 5) is 13.5. The molecule has 1 aromatic carbocycles. The fourth-order valence-corrected chi connectivity index (χ4v) is 1.68. The number of nitrogens with two attached hydrogens (primary N) is 1. The molecule has 1 aromatic rings. The van der Waals surface area contributed by atoms with E-state index >= 15 is 0 Å². The van der Waals surface area contributed by atoms with Gasteiger partial charge in [0.05, 0.1) is 5.56 Å². The van der Waals surface area contributed by atoms with Crippen molar-refractivity contribution in [2.75, 3.05) is 13.1 Å². The molecule has 0 unspecified atom stereocenters. The number of hydrogen-bond donors (Lipinski definition) is 2. The van der Waals surface area contributed by atoms with Crippen molar-refractivity contribution in [3.8, 4) is 5.75 Å². The molecule has 1 saturated heterocycles. The van der Waals surface area contributed by atoms with Crippen LogP contribution in [0.1, 0.15) is 15.9 Å². The molecule has 1 aliphatic heterocycles. The minimum Gasteiger partial charge on any atom is -0.507 e. The van der Waals surface area contributed by atoms with E-state index in [0.717, 1.165) is 0 Å². The monoisotopic (exact) mass is 206 g/mol. The van der Waals surface area contributed by atoms with Gasteiger partial charge in [-0.15, -0.1) is 0 Å². The van der Waals surface area contributed by atoms with Crippen LogP contribution in [-0.2, 0) is 0 Å². The van der Waals surface area contributed by atoms with Gasteiger partial charge in [0.2, 0.25) is 0 Å². The van der Waals surface area contributed by atoms with Gasteiger partial charge in [0.1, 0.15) is 5.75 Å². The highest BCUT2D eigenvalue weighted by molar-refractivity contribution is 5.97. The Labute approximate surface area is 88.3 Å². The number of hydrogen-bond acceptors (Lipinski definition) is 3. The fourth-order valence-electron chi connectivity index (χ4n) is 1.68. The lowest BCUT2D eigenvalue weighted by molar-refractivity contribution is 0.0605. The lowest BCUT2D eigenvalue weighted by Crippen LogP contribution is -2.57. The first kappa shape index (κ1) is 9.98. The van der Waals surface area contributed by atoms with Crippen LogP contribution in [0.25, 0.3) is 0 Å². The molecule has 2 rings (SSSR count). The Morgan fingerprint density at radius 3 is 2.80 bits per heavy atom. The number of likely N-dealkylation sites (tertiary alicyclic amines) is 1. The molecule has 0 spiro atoms. The molecule has 4 heteroatoms. The van der Waals surface area contributed by atoms with Crippen molar-refractivity contribution in [1.29, 1.82) is 0 Å². The number of para-hydroxylation sites is 1. The van der Waals surface area contributed by atoms with Gasteiger partial charge in [0.15, 0.2) is 0 Å². The molecule has 80 valence electrons. The van der Waals surface area contributed by atoms with Gasteiger partial charge in [-0.1, -0.05) is 12.1 Å². The summed E-state index contributed by atoms with van der Waals surface area (Å²) in [6.07, 6.45) is 0. The minimum atomic E-state index is -0.141. The molecule has 1 aliphatic rings. The van der Waals surface area contributed by atoms with Crippen LogP contribution in [0.15, 0.2) is 18.2 Å². The van der Waals surface area contributed by atoms with E-state index in [-0.39, 0.29) is 17.7 Å². The average Bonchev–Trinajstić information content (AvgIpc) is 2.16. The van der Waals surface area contributed by atoms with Gasteiger partial charge in [0.25, 0.3) is 5.91 Å². The second-order valence-corrected chi connectivity index (χ2v) is 3.94. The van der Waals surface area contributed by atoms with E-state index in [2.05, 4.69) is 0 Å². The topological polar surface area (TPSA) is 66.6 Å². The van der Waals surface area contributed by atoms with Gasteiger partial charge in [-0.25, -0.2) is 0 Å². The molecule has 1 amide bonds. The predicted octanol–water partition coefficient (Wildman–Crippen LogP) is 0.484. The number of rotatable bonds is 1. The van der Waals surface area contributed by atoms with Crippen LogP contribution in [0.3, 0.4) is 0 Å². The van der Waals surface area contributed by atoms with E-state index < -0.39 is 0 Å². The van der Waals surface area contributed by atoms with Crippen LogP contribution in [0.5, 0.6) is 5.75 Å². The number of carbonyl (C=O) groups is 1. The number of aryl methyl sites for hydroxylation is 1. The van der Waals surface area contributed by atoms with Crippen LogP contribution in [0, 0.1) is 6.92 Å². The quantitative estimate of drug-likeness (QED) is 0.702. The summed E-state index contributed by atoms with van der Waals surface area (Å²) in [5, 5.41) is 9.72. The van der Waals surface area contributed by atoms with Crippen LogP contribution < -0.4 is 5.73 Å². The van der Waals surface area contributed by atoms with Crippen molar-refractivity contribution in [3.63, 3.8) is 0 Å². The van der Waals surface area contributed by atoms with Crippen LogP contribution in [0.2, 0.25) is 0 Å². The number of amides is 1. The summed E-state index contributed by atoms with van der Waals surface area (Å²) >= 11 is 0. The Morgan fingerprint density at radius 1 is 1.53 bits per heavy atom. The fraction of sp³-hybridized carbons (Fsp3) is 0.364. The largest absolute Gasteiger partial charge is 0.507 e. The smallest absolute Gasteiger partial charge is 0.257 e. The normalized spacial score (nSPS) is 16.3. The standard InChI is InChI=1S/C11H14N2O2/c1-7-3-2-4-9(10(7)14)11(15)13-5-8(12)6-13/h2-4,8,14H,5-6,12H2,1H3. The summed E-state index contributed by atoms with van der Waals surface area (Å²) in [7, 11) is 0. The molecule has 0 aliphatic carbocycles. The Kier molecular flexibility index (Phi) is 2.36. The number of carbonyl (C=O) groups excluding carboxylic acids is 1. The first-order chi connectivity index (χ1) is 7.09. The van der Waals surface area contributed by atoms with Gasteiger partial charge in [0, 0.05) is 19.1 Å².